The standard InChI is InChI=1S/C24H31N5O3/c1-28(14-8-13-20-9-4-2-5-10-20)16-22-17-29(27-26-22)18-23(30)19-32-24(31)25-15-21-11-6-3-7-12-21/h2-7,9-12,17,23,30H,8,13-16,18-19H2,1H3,(H,25,31). The van der Waals surface area contributed by atoms with Crippen LogP contribution in [0.25, 0.3) is 0 Å². The van der Waals surface area contributed by atoms with Crippen LogP contribution in [0.5, 0.6) is 0 Å². The van der Waals surface area contributed by atoms with E-state index >= 15 is 0 Å². The van der Waals surface area contributed by atoms with Gasteiger partial charge in [0.2, 0.25) is 0 Å². The highest BCUT2D eigenvalue weighted by Gasteiger charge is 2.12. The molecule has 1 unspecified atom stereocenters. The van der Waals surface area contributed by atoms with Gasteiger partial charge in [-0.1, -0.05) is 65.9 Å². The van der Waals surface area contributed by atoms with Crippen LogP contribution in [-0.4, -0.2) is 57.4 Å². The number of amides is 1. The largest absolute Gasteiger partial charge is 0.447 e. The first-order valence-corrected chi connectivity index (χ1v) is 10.8. The average Bonchev–Trinajstić information content (AvgIpc) is 3.24. The normalized spacial score (nSPS) is 12.0. The molecule has 0 radical (unpaired) electrons. The Kier molecular flexibility index (Phi) is 9.21. The van der Waals surface area contributed by atoms with E-state index in [-0.39, 0.29) is 13.2 Å². The summed E-state index contributed by atoms with van der Waals surface area (Å²) in [7, 11) is 2.06. The Labute approximate surface area is 188 Å². The topological polar surface area (TPSA) is 92.5 Å². The highest BCUT2D eigenvalue weighted by atomic mass is 16.6. The van der Waals surface area contributed by atoms with E-state index in [1.54, 1.807) is 4.68 Å². The number of aliphatic hydroxyl groups is 1. The summed E-state index contributed by atoms with van der Waals surface area (Å²) >= 11 is 0. The van der Waals surface area contributed by atoms with Gasteiger partial charge in [-0.15, -0.1) is 5.10 Å². The summed E-state index contributed by atoms with van der Waals surface area (Å²) in [4.78, 5) is 14.0. The number of nitrogens with zero attached hydrogens (tertiary/aromatic N) is 4. The van der Waals surface area contributed by atoms with E-state index < -0.39 is 12.2 Å². The van der Waals surface area contributed by atoms with E-state index in [0.717, 1.165) is 30.6 Å². The third-order valence-electron chi connectivity index (χ3n) is 4.95. The van der Waals surface area contributed by atoms with Crippen molar-refractivity contribution in [1.82, 2.24) is 25.2 Å². The highest BCUT2D eigenvalue weighted by Crippen LogP contribution is 2.05. The van der Waals surface area contributed by atoms with E-state index in [9.17, 15) is 9.90 Å². The average molecular weight is 438 g/mol. The molecular weight excluding hydrogens is 406 g/mol. The van der Waals surface area contributed by atoms with Gasteiger partial charge >= 0.3 is 6.09 Å². The molecule has 1 amide bonds. The monoisotopic (exact) mass is 437 g/mol. The fourth-order valence-corrected chi connectivity index (χ4v) is 3.32. The number of rotatable bonds is 12. The van der Waals surface area contributed by atoms with E-state index in [0.29, 0.717) is 13.1 Å². The second kappa shape index (κ2) is 12.6. The molecule has 0 saturated carbocycles. The summed E-state index contributed by atoms with van der Waals surface area (Å²) in [5.41, 5.74) is 3.16. The molecule has 32 heavy (non-hydrogen) atoms. The van der Waals surface area contributed by atoms with Crippen molar-refractivity contribution < 1.29 is 14.6 Å². The summed E-state index contributed by atoms with van der Waals surface area (Å²) in [6, 6.07) is 20.0. The van der Waals surface area contributed by atoms with Crippen LogP contribution in [0.2, 0.25) is 0 Å². The molecule has 0 spiro atoms. The molecule has 2 N–H and O–H groups in total. The number of hydrogen-bond donors (Lipinski definition) is 2. The number of aromatic nitrogens is 3. The predicted molar refractivity (Wildman–Crippen MR) is 122 cm³/mol. The minimum atomic E-state index is -0.865. The summed E-state index contributed by atoms with van der Waals surface area (Å²) < 4.78 is 6.65. The van der Waals surface area contributed by atoms with Crippen molar-refractivity contribution in [2.24, 2.45) is 0 Å². The Balaban J connectivity index is 1.31. The van der Waals surface area contributed by atoms with Crippen molar-refractivity contribution in [3.63, 3.8) is 0 Å². The molecule has 0 fully saturated rings. The van der Waals surface area contributed by atoms with Gasteiger partial charge in [0.1, 0.15) is 12.7 Å². The van der Waals surface area contributed by atoms with Gasteiger partial charge in [0.05, 0.1) is 12.2 Å². The summed E-state index contributed by atoms with van der Waals surface area (Å²) in [6.07, 6.45) is 2.49. The molecule has 8 nitrogen and oxygen atoms in total. The van der Waals surface area contributed by atoms with Crippen LogP contribution in [0.3, 0.4) is 0 Å². The lowest BCUT2D eigenvalue weighted by molar-refractivity contribution is 0.0561. The van der Waals surface area contributed by atoms with Crippen molar-refractivity contribution >= 4 is 6.09 Å². The lowest BCUT2D eigenvalue weighted by Gasteiger charge is -2.14. The number of ether oxygens (including phenoxy) is 1. The van der Waals surface area contributed by atoms with Gasteiger partial charge in [0.15, 0.2) is 0 Å². The predicted octanol–water partition coefficient (Wildman–Crippen LogP) is 2.63. The number of aryl methyl sites for hydroxylation is 1. The molecule has 170 valence electrons. The van der Waals surface area contributed by atoms with E-state index in [1.165, 1.54) is 5.56 Å². The van der Waals surface area contributed by atoms with Crippen molar-refractivity contribution in [1.29, 1.82) is 0 Å². The molecule has 0 aliphatic carbocycles. The Morgan fingerprint density at radius 2 is 1.81 bits per heavy atom. The maximum Gasteiger partial charge on any atom is 0.407 e. The molecule has 2 aromatic carbocycles. The quantitative estimate of drug-likeness (QED) is 0.453. The molecule has 3 rings (SSSR count). The maximum absolute atomic E-state index is 11.8. The first kappa shape index (κ1) is 23.4. The van der Waals surface area contributed by atoms with E-state index in [4.69, 9.17) is 4.74 Å². The molecule has 1 aromatic heterocycles. The van der Waals surface area contributed by atoms with E-state index in [2.05, 4.69) is 51.8 Å². The van der Waals surface area contributed by atoms with Crippen molar-refractivity contribution in [3.8, 4) is 0 Å². The maximum atomic E-state index is 11.8. The lowest BCUT2D eigenvalue weighted by atomic mass is 10.1. The van der Waals surface area contributed by atoms with E-state index in [1.807, 2.05) is 42.6 Å². The Bertz CT molecular complexity index is 933. The fourth-order valence-electron chi connectivity index (χ4n) is 3.32. The first-order chi connectivity index (χ1) is 15.6. The Morgan fingerprint density at radius 3 is 2.53 bits per heavy atom. The second-order valence-corrected chi connectivity index (χ2v) is 7.85. The Hall–Kier alpha value is -3.23. The molecule has 0 bridgehead atoms. The smallest absolute Gasteiger partial charge is 0.407 e. The van der Waals surface area contributed by atoms with Crippen molar-refractivity contribution in [2.75, 3.05) is 20.2 Å². The molecule has 8 heteroatoms. The van der Waals surface area contributed by atoms with Crippen LogP contribution < -0.4 is 5.32 Å². The second-order valence-electron chi connectivity index (χ2n) is 7.85. The first-order valence-electron chi connectivity index (χ1n) is 10.8. The Morgan fingerprint density at radius 1 is 1.12 bits per heavy atom. The third-order valence-corrected chi connectivity index (χ3v) is 4.95. The lowest BCUT2D eigenvalue weighted by Crippen LogP contribution is -2.29. The van der Waals surface area contributed by atoms with Crippen molar-refractivity contribution in [3.05, 3.63) is 83.7 Å². The summed E-state index contributed by atoms with van der Waals surface area (Å²) in [5.74, 6) is 0. The summed E-state index contributed by atoms with van der Waals surface area (Å²) in [6.45, 7) is 2.10. The van der Waals surface area contributed by atoms with Gasteiger partial charge in [-0.25, -0.2) is 9.48 Å². The number of alkyl carbamates (subject to hydrolysis) is 1. The van der Waals surface area contributed by atoms with Gasteiger partial charge in [-0.3, -0.25) is 0 Å². The highest BCUT2D eigenvalue weighted by molar-refractivity contribution is 5.67. The number of benzene rings is 2. The minimum absolute atomic E-state index is 0.116. The molecule has 1 heterocycles. The zero-order chi connectivity index (χ0) is 22.6. The SMILES string of the molecule is CN(CCCc1ccccc1)Cc1cn(CC(O)COC(=O)NCc2ccccc2)nn1. The van der Waals surface area contributed by atoms with Gasteiger partial charge < -0.3 is 20.1 Å². The van der Waals surface area contributed by atoms with Crippen LogP contribution in [0, 0.1) is 0 Å². The zero-order valence-electron chi connectivity index (χ0n) is 18.4. The number of carbonyl (C=O) groups is 1. The number of nitrogens with one attached hydrogen (secondary N) is 1. The number of hydrogen-bond acceptors (Lipinski definition) is 6. The third kappa shape index (κ3) is 8.49. The number of carbonyl (C=O) groups excluding carboxylic acids is 1. The zero-order valence-corrected chi connectivity index (χ0v) is 18.4. The van der Waals surface area contributed by atoms with Gasteiger partial charge in [0.25, 0.3) is 0 Å². The summed E-state index contributed by atoms with van der Waals surface area (Å²) in [5, 5.41) is 21.0. The molecule has 3 aromatic rings. The minimum Gasteiger partial charge on any atom is -0.447 e. The van der Waals surface area contributed by atoms with Gasteiger partial charge in [-0.05, 0) is 37.6 Å². The van der Waals surface area contributed by atoms with Gasteiger partial charge in [-0.2, -0.15) is 0 Å². The van der Waals surface area contributed by atoms with Crippen LogP contribution in [0.15, 0.2) is 66.9 Å². The molecule has 0 aliphatic heterocycles. The molecule has 0 saturated heterocycles. The van der Waals surface area contributed by atoms with Crippen LogP contribution in [0.4, 0.5) is 4.79 Å². The van der Waals surface area contributed by atoms with Crippen molar-refractivity contribution in [2.45, 2.75) is 38.6 Å². The van der Waals surface area contributed by atoms with Crippen LogP contribution in [-0.2, 0) is 30.8 Å². The molecule has 1 atom stereocenters. The number of aliphatic hydroxyl groups excluding tert-OH is 1. The fraction of sp³-hybridized carbons (Fsp3) is 0.375. The van der Waals surface area contributed by atoms with Crippen LogP contribution >= 0.6 is 0 Å². The molecular formula is C24H31N5O3. The molecule has 0 aliphatic rings. The van der Waals surface area contributed by atoms with Crippen LogP contribution in [0.1, 0.15) is 23.2 Å². The van der Waals surface area contributed by atoms with Gasteiger partial charge in [0, 0.05) is 19.3 Å².